The molecule has 126 valence electrons. The number of fused-ring (bicyclic) bond motifs is 1. The molecule has 0 spiro atoms. The molecule has 2 heteroatoms. The smallest absolute Gasteiger partial charge is 0.0752 e. The Bertz CT molecular complexity index is 456. The second kappa shape index (κ2) is 6.49. The lowest BCUT2D eigenvalue weighted by Crippen LogP contribution is -2.40. The van der Waals surface area contributed by atoms with Crippen molar-refractivity contribution in [2.24, 2.45) is 17.3 Å². The molecule has 2 rings (SSSR count). The van der Waals surface area contributed by atoms with Crippen LogP contribution in [0, 0.1) is 17.3 Å². The van der Waals surface area contributed by atoms with E-state index in [1.807, 2.05) is 13.8 Å². The molecule has 22 heavy (non-hydrogen) atoms. The molecule has 0 radical (unpaired) electrons. The van der Waals surface area contributed by atoms with E-state index < -0.39 is 5.60 Å². The minimum Gasteiger partial charge on any atom is -0.390 e. The molecule has 2 nitrogen and oxygen atoms in total. The van der Waals surface area contributed by atoms with E-state index in [-0.39, 0.29) is 11.5 Å². The standard InChI is InChI=1S/C20H34O2/c1-14(2)7-6-11-20(5,22)17-10-12-19(4)13-18(21)15(3)8-9-16(17)19/h7-8,16-18,21-22H,6,9-13H2,1-5H3/t16-,17+,18-,19+,20-/m1/s1. The molecule has 2 N–H and O–H groups in total. The van der Waals surface area contributed by atoms with Crippen LogP contribution in [0.25, 0.3) is 0 Å². The number of rotatable bonds is 4. The summed E-state index contributed by atoms with van der Waals surface area (Å²) in [5, 5.41) is 21.4. The van der Waals surface area contributed by atoms with Gasteiger partial charge in [0, 0.05) is 0 Å². The van der Waals surface area contributed by atoms with Crippen molar-refractivity contribution in [3.63, 3.8) is 0 Å². The van der Waals surface area contributed by atoms with Gasteiger partial charge >= 0.3 is 0 Å². The van der Waals surface area contributed by atoms with E-state index in [1.165, 1.54) is 5.57 Å². The highest BCUT2D eigenvalue weighted by Gasteiger charge is 2.51. The molecule has 5 atom stereocenters. The monoisotopic (exact) mass is 306 g/mol. The van der Waals surface area contributed by atoms with Gasteiger partial charge in [-0.2, -0.15) is 0 Å². The maximum atomic E-state index is 11.1. The Morgan fingerprint density at radius 1 is 1.45 bits per heavy atom. The van der Waals surface area contributed by atoms with Crippen molar-refractivity contribution < 1.29 is 10.2 Å². The Labute approximate surface area is 136 Å². The molecule has 1 saturated carbocycles. The van der Waals surface area contributed by atoms with Crippen LogP contribution in [0.3, 0.4) is 0 Å². The zero-order valence-electron chi connectivity index (χ0n) is 15.0. The third-order valence-corrected chi connectivity index (χ3v) is 6.29. The maximum absolute atomic E-state index is 11.1. The van der Waals surface area contributed by atoms with Crippen LogP contribution in [0.4, 0.5) is 0 Å². The second-order valence-corrected chi connectivity index (χ2v) is 8.49. The summed E-state index contributed by atoms with van der Waals surface area (Å²) in [6, 6.07) is 0. The Morgan fingerprint density at radius 2 is 2.14 bits per heavy atom. The van der Waals surface area contributed by atoms with Gasteiger partial charge in [-0.3, -0.25) is 0 Å². The molecule has 0 heterocycles. The molecule has 0 aromatic rings. The van der Waals surface area contributed by atoms with Gasteiger partial charge in [-0.15, -0.1) is 0 Å². The summed E-state index contributed by atoms with van der Waals surface area (Å²) in [5.41, 5.74) is 1.99. The second-order valence-electron chi connectivity index (χ2n) is 8.49. The summed E-state index contributed by atoms with van der Waals surface area (Å²) in [6.07, 6.45) is 9.98. The van der Waals surface area contributed by atoms with E-state index >= 15 is 0 Å². The SMILES string of the molecule is CC(C)=CCC[C@@](C)(O)[C@H]1CC[C@@]2(C)C[C@@H](O)C(C)=CC[C@H]12. The van der Waals surface area contributed by atoms with E-state index in [9.17, 15) is 10.2 Å². The van der Waals surface area contributed by atoms with E-state index in [0.29, 0.717) is 11.8 Å². The molecule has 0 aromatic heterocycles. The number of aliphatic hydroxyl groups is 2. The van der Waals surface area contributed by atoms with Crippen molar-refractivity contribution in [1.82, 2.24) is 0 Å². The largest absolute Gasteiger partial charge is 0.390 e. The van der Waals surface area contributed by atoms with Crippen molar-refractivity contribution in [1.29, 1.82) is 0 Å². The molecule has 1 fully saturated rings. The van der Waals surface area contributed by atoms with Crippen molar-refractivity contribution in [2.45, 2.75) is 84.8 Å². The van der Waals surface area contributed by atoms with Crippen LogP contribution < -0.4 is 0 Å². The van der Waals surface area contributed by atoms with Gasteiger partial charge in [0.1, 0.15) is 0 Å². The first-order valence-electron chi connectivity index (χ1n) is 8.86. The lowest BCUT2D eigenvalue weighted by Gasteiger charge is -2.39. The quantitative estimate of drug-likeness (QED) is 0.744. The molecule has 2 aliphatic rings. The number of allylic oxidation sites excluding steroid dienone is 3. The Morgan fingerprint density at radius 3 is 2.77 bits per heavy atom. The number of aliphatic hydroxyl groups excluding tert-OH is 1. The first-order chi connectivity index (χ1) is 10.2. The van der Waals surface area contributed by atoms with Crippen LogP contribution >= 0.6 is 0 Å². The Hall–Kier alpha value is -0.600. The summed E-state index contributed by atoms with van der Waals surface area (Å²) in [5.74, 6) is 0.832. The number of hydrogen-bond acceptors (Lipinski definition) is 2. The highest BCUT2D eigenvalue weighted by atomic mass is 16.3. The topological polar surface area (TPSA) is 40.5 Å². The summed E-state index contributed by atoms with van der Waals surface area (Å²) in [6.45, 7) is 10.6. The van der Waals surface area contributed by atoms with Gasteiger partial charge in [-0.05, 0) is 89.0 Å². The average molecular weight is 306 g/mol. The van der Waals surface area contributed by atoms with Crippen molar-refractivity contribution in [3.05, 3.63) is 23.3 Å². The number of hydrogen-bond donors (Lipinski definition) is 2. The Kier molecular flexibility index (Phi) is 5.23. The van der Waals surface area contributed by atoms with E-state index in [4.69, 9.17) is 0 Å². The van der Waals surface area contributed by atoms with Crippen LogP contribution in [0.5, 0.6) is 0 Å². The lowest BCUT2D eigenvalue weighted by molar-refractivity contribution is -0.0379. The van der Waals surface area contributed by atoms with Gasteiger partial charge < -0.3 is 10.2 Å². The van der Waals surface area contributed by atoms with Gasteiger partial charge in [0.15, 0.2) is 0 Å². The van der Waals surface area contributed by atoms with Gasteiger partial charge in [0.05, 0.1) is 11.7 Å². The third-order valence-electron chi connectivity index (χ3n) is 6.29. The van der Waals surface area contributed by atoms with Gasteiger partial charge in [-0.1, -0.05) is 24.6 Å². The molecule has 2 aliphatic carbocycles. The fourth-order valence-electron chi connectivity index (χ4n) is 4.69. The minimum absolute atomic E-state index is 0.166. The highest BCUT2D eigenvalue weighted by Crippen LogP contribution is 2.56. The fraction of sp³-hybridized carbons (Fsp3) is 0.800. The summed E-state index contributed by atoms with van der Waals surface area (Å²) in [4.78, 5) is 0. The van der Waals surface area contributed by atoms with Gasteiger partial charge in [-0.25, -0.2) is 0 Å². The molecule has 0 aliphatic heterocycles. The van der Waals surface area contributed by atoms with E-state index in [0.717, 1.165) is 44.1 Å². The van der Waals surface area contributed by atoms with Gasteiger partial charge in [0.25, 0.3) is 0 Å². The molecule has 0 bridgehead atoms. The lowest BCUT2D eigenvalue weighted by atomic mass is 9.68. The zero-order valence-corrected chi connectivity index (χ0v) is 15.0. The van der Waals surface area contributed by atoms with Crippen LogP contribution in [-0.4, -0.2) is 21.9 Å². The van der Waals surface area contributed by atoms with E-state index in [2.05, 4.69) is 32.9 Å². The molecular formula is C20H34O2. The van der Waals surface area contributed by atoms with Crippen LogP contribution in [0.2, 0.25) is 0 Å². The van der Waals surface area contributed by atoms with Gasteiger partial charge in [0.2, 0.25) is 0 Å². The molecule has 0 aromatic carbocycles. The summed E-state index contributed by atoms with van der Waals surface area (Å²) >= 11 is 0. The van der Waals surface area contributed by atoms with E-state index in [1.54, 1.807) is 0 Å². The van der Waals surface area contributed by atoms with Crippen LogP contribution in [-0.2, 0) is 0 Å². The zero-order chi connectivity index (χ0) is 16.5. The fourth-order valence-corrected chi connectivity index (χ4v) is 4.69. The maximum Gasteiger partial charge on any atom is 0.0752 e. The van der Waals surface area contributed by atoms with Crippen molar-refractivity contribution in [3.8, 4) is 0 Å². The van der Waals surface area contributed by atoms with Crippen LogP contribution in [0.1, 0.15) is 73.1 Å². The first kappa shape index (κ1) is 17.7. The normalized spacial score (nSPS) is 37.8. The molecule has 0 saturated heterocycles. The van der Waals surface area contributed by atoms with Crippen LogP contribution in [0.15, 0.2) is 23.3 Å². The predicted molar refractivity (Wildman–Crippen MR) is 92.6 cm³/mol. The summed E-state index contributed by atoms with van der Waals surface area (Å²) in [7, 11) is 0. The highest BCUT2D eigenvalue weighted by molar-refractivity contribution is 5.14. The summed E-state index contributed by atoms with van der Waals surface area (Å²) < 4.78 is 0. The first-order valence-corrected chi connectivity index (χ1v) is 8.86. The third kappa shape index (κ3) is 3.65. The molecular weight excluding hydrogens is 272 g/mol. The van der Waals surface area contributed by atoms with Crippen molar-refractivity contribution in [2.75, 3.05) is 0 Å². The predicted octanol–water partition coefficient (Wildman–Crippen LogP) is 4.62. The van der Waals surface area contributed by atoms with Crippen molar-refractivity contribution >= 4 is 0 Å². The minimum atomic E-state index is -0.606. The molecule has 0 amide bonds. The molecule has 0 unspecified atom stereocenters. The Balaban J connectivity index is 2.14. The average Bonchev–Trinajstić information content (AvgIpc) is 2.67.